The van der Waals surface area contributed by atoms with Gasteiger partial charge in [-0.2, -0.15) is 5.10 Å². The highest BCUT2D eigenvalue weighted by atomic mass is 35.5. The molecule has 9 nitrogen and oxygen atoms in total. The van der Waals surface area contributed by atoms with E-state index in [9.17, 15) is 18.0 Å². The molecular weight excluding hydrogens is 509 g/mol. The Labute approximate surface area is 214 Å². The summed E-state index contributed by atoms with van der Waals surface area (Å²) in [4.78, 5) is 32.0. The van der Waals surface area contributed by atoms with E-state index in [1.165, 1.54) is 6.20 Å². The molecule has 0 bridgehead atoms. The van der Waals surface area contributed by atoms with Crippen molar-refractivity contribution >= 4 is 29.0 Å². The van der Waals surface area contributed by atoms with E-state index in [0.717, 1.165) is 61.2 Å². The summed E-state index contributed by atoms with van der Waals surface area (Å²) in [5, 5.41) is 6.52. The van der Waals surface area contributed by atoms with Gasteiger partial charge in [-0.25, -0.2) is 23.1 Å². The lowest BCUT2D eigenvalue weighted by Gasteiger charge is -2.31. The SMILES string of the molecule is Cc1nc(N2CCC2)cnc1Cn1cc(NC(=O)c2cncc(-c3c(C(F)F)ccc(Cl)c3F)n2)cn1. The Balaban J connectivity index is 1.31. The van der Waals surface area contributed by atoms with E-state index >= 15 is 0 Å². The van der Waals surface area contributed by atoms with Gasteiger partial charge in [0.1, 0.15) is 11.5 Å². The van der Waals surface area contributed by atoms with Crippen LogP contribution in [-0.2, 0) is 6.54 Å². The smallest absolute Gasteiger partial charge is 0.275 e. The number of hydrogen-bond acceptors (Lipinski definition) is 7. The fourth-order valence-electron chi connectivity index (χ4n) is 3.81. The Morgan fingerprint density at radius 3 is 2.68 bits per heavy atom. The third kappa shape index (κ3) is 5.10. The number of aryl methyl sites for hydroxylation is 1. The first-order valence-corrected chi connectivity index (χ1v) is 11.7. The third-order valence-electron chi connectivity index (χ3n) is 5.90. The van der Waals surface area contributed by atoms with E-state index in [1.807, 2.05) is 6.92 Å². The number of carbonyl (C=O) groups is 1. The molecule has 13 heteroatoms. The Hall–Kier alpha value is -4.06. The minimum absolute atomic E-state index is 0.201. The first kappa shape index (κ1) is 24.6. The van der Waals surface area contributed by atoms with Gasteiger partial charge < -0.3 is 10.2 Å². The highest BCUT2D eigenvalue weighted by molar-refractivity contribution is 6.31. The molecule has 1 saturated heterocycles. The number of benzene rings is 1. The van der Waals surface area contributed by atoms with E-state index in [1.54, 1.807) is 17.1 Å². The first-order valence-electron chi connectivity index (χ1n) is 11.3. The van der Waals surface area contributed by atoms with Crippen LogP contribution in [0.15, 0.2) is 43.1 Å². The van der Waals surface area contributed by atoms with Gasteiger partial charge in [0.15, 0.2) is 5.82 Å². The van der Waals surface area contributed by atoms with Crippen LogP contribution in [-0.4, -0.2) is 48.7 Å². The van der Waals surface area contributed by atoms with Crippen molar-refractivity contribution in [3.05, 3.63) is 76.6 Å². The lowest BCUT2D eigenvalue weighted by atomic mass is 10.0. The van der Waals surface area contributed by atoms with Crippen molar-refractivity contribution in [2.24, 2.45) is 0 Å². The summed E-state index contributed by atoms with van der Waals surface area (Å²) < 4.78 is 43.2. The molecule has 1 aliphatic rings. The Kier molecular flexibility index (Phi) is 6.74. The molecule has 0 unspecified atom stereocenters. The Morgan fingerprint density at radius 2 is 1.97 bits per heavy atom. The normalized spacial score (nSPS) is 13.1. The second kappa shape index (κ2) is 10.1. The molecule has 190 valence electrons. The summed E-state index contributed by atoms with van der Waals surface area (Å²) in [6, 6.07) is 2.05. The van der Waals surface area contributed by atoms with Crippen molar-refractivity contribution in [2.45, 2.75) is 26.3 Å². The predicted octanol–water partition coefficient (Wildman–Crippen LogP) is 4.68. The summed E-state index contributed by atoms with van der Waals surface area (Å²) in [7, 11) is 0. The fourth-order valence-corrected chi connectivity index (χ4v) is 3.97. The van der Waals surface area contributed by atoms with E-state index in [4.69, 9.17) is 11.6 Å². The number of rotatable bonds is 7. The molecule has 1 N–H and O–H groups in total. The van der Waals surface area contributed by atoms with Crippen LogP contribution in [0.2, 0.25) is 5.02 Å². The van der Waals surface area contributed by atoms with E-state index in [-0.39, 0.29) is 16.4 Å². The highest BCUT2D eigenvalue weighted by Crippen LogP contribution is 2.35. The van der Waals surface area contributed by atoms with Crippen LogP contribution in [0.4, 0.5) is 24.7 Å². The monoisotopic (exact) mass is 528 g/mol. The molecule has 0 aliphatic carbocycles. The van der Waals surface area contributed by atoms with E-state index in [0.29, 0.717) is 12.2 Å². The zero-order chi connectivity index (χ0) is 26.1. The summed E-state index contributed by atoms with van der Waals surface area (Å²) in [6.07, 6.45) is 5.18. The fraction of sp³-hybridized carbons (Fsp3) is 0.250. The van der Waals surface area contributed by atoms with Gasteiger partial charge in [0, 0.05) is 30.4 Å². The molecule has 4 aromatic rings. The molecule has 37 heavy (non-hydrogen) atoms. The molecule has 0 radical (unpaired) electrons. The minimum Gasteiger partial charge on any atom is -0.355 e. The molecule has 1 fully saturated rings. The van der Waals surface area contributed by atoms with Crippen molar-refractivity contribution in [2.75, 3.05) is 23.3 Å². The number of amides is 1. The summed E-state index contributed by atoms with van der Waals surface area (Å²) >= 11 is 5.78. The number of aromatic nitrogens is 6. The number of alkyl halides is 2. The number of anilines is 2. The number of nitrogens with one attached hydrogen (secondary N) is 1. The van der Waals surface area contributed by atoms with Gasteiger partial charge >= 0.3 is 0 Å². The van der Waals surface area contributed by atoms with E-state index < -0.39 is 29.3 Å². The van der Waals surface area contributed by atoms with Crippen LogP contribution < -0.4 is 10.2 Å². The molecule has 0 spiro atoms. The Morgan fingerprint density at radius 1 is 1.16 bits per heavy atom. The van der Waals surface area contributed by atoms with Gasteiger partial charge in [-0.05, 0) is 19.4 Å². The van der Waals surface area contributed by atoms with Gasteiger partial charge in [0.25, 0.3) is 12.3 Å². The van der Waals surface area contributed by atoms with Gasteiger partial charge in [-0.1, -0.05) is 17.7 Å². The van der Waals surface area contributed by atoms with Crippen molar-refractivity contribution < 1.29 is 18.0 Å². The number of nitrogens with zero attached hydrogens (tertiary/aromatic N) is 7. The van der Waals surface area contributed by atoms with Crippen LogP contribution in [0.5, 0.6) is 0 Å². The second-order valence-electron chi connectivity index (χ2n) is 8.40. The molecule has 5 rings (SSSR count). The van der Waals surface area contributed by atoms with Crippen LogP contribution in [0.1, 0.15) is 40.3 Å². The molecule has 1 aromatic carbocycles. The van der Waals surface area contributed by atoms with Crippen LogP contribution in [0.25, 0.3) is 11.3 Å². The second-order valence-corrected chi connectivity index (χ2v) is 8.80. The summed E-state index contributed by atoms with van der Waals surface area (Å²) in [6.45, 7) is 4.18. The van der Waals surface area contributed by atoms with Crippen molar-refractivity contribution in [1.29, 1.82) is 0 Å². The number of hydrogen-bond donors (Lipinski definition) is 1. The quantitative estimate of drug-likeness (QED) is 0.371. The molecule has 1 amide bonds. The largest absolute Gasteiger partial charge is 0.355 e. The molecular formula is C24H20ClF3N8O. The maximum Gasteiger partial charge on any atom is 0.275 e. The number of carbonyl (C=O) groups excluding carboxylic acids is 1. The highest BCUT2D eigenvalue weighted by Gasteiger charge is 2.23. The van der Waals surface area contributed by atoms with Crippen molar-refractivity contribution in [3.63, 3.8) is 0 Å². The van der Waals surface area contributed by atoms with Crippen LogP contribution >= 0.6 is 11.6 Å². The van der Waals surface area contributed by atoms with E-state index in [2.05, 4.69) is 35.3 Å². The minimum atomic E-state index is -2.98. The van der Waals surface area contributed by atoms with Crippen molar-refractivity contribution in [3.8, 4) is 11.3 Å². The van der Waals surface area contributed by atoms with Gasteiger partial charge in [-0.3, -0.25) is 19.4 Å². The Bertz CT molecular complexity index is 1470. The molecule has 1 aliphatic heterocycles. The lowest BCUT2D eigenvalue weighted by molar-refractivity contribution is 0.102. The topological polar surface area (TPSA) is 102 Å². The maximum absolute atomic E-state index is 14.6. The predicted molar refractivity (Wildman–Crippen MR) is 130 cm³/mol. The van der Waals surface area contributed by atoms with Gasteiger partial charge in [0.2, 0.25) is 0 Å². The lowest BCUT2D eigenvalue weighted by Crippen LogP contribution is -2.37. The summed E-state index contributed by atoms with van der Waals surface area (Å²) in [5.74, 6) is -0.892. The van der Waals surface area contributed by atoms with Gasteiger partial charge in [0.05, 0.1) is 59.1 Å². The third-order valence-corrected chi connectivity index (χ3v) is 6.20. The van der Waals surface area contributed by atoms with Crippen LogP contribution in [0.3, 0.4) is 0 Å². The van der Waals surface area contributed by atoms with Crippen LogP contribution in [0, 0.1) is 12.7 Å². The standard InChI is InChI=1S/C24H20ClF3N8O/c1-13-19(30-10-20(32-13)35-5-2-6-35)12-36-11-14(7-31-36)33-24(37)18-9-29-8-17(34-18)21-15(23(27)28)3-4-16(25)22(21)26/h3-4,7-11,23H,2,5-6,12H2,1H3,(H,33,37). The molecule has 0 saturated carbocycles. The van der Waals surface area contributed by atoms with Gasteiger partial charge in [-0.15, -0.1) is 0 Å². The average molecular weight is 529 g/mol. The zero-order valence-corrected chi connectivity index (χ0v) is 20.3. The number of halogens is 4. The average Bonchev–Trinajstić information content (AvgIpc) is 3.28. The maximum atomic E-state index is 14.6. The molecule has 0 atom stereocenters. The zero-order valence-electron chi connectivity index (χ0n) is 19.5. The first-order chi connectivity index (χ1) is 17.8. The summed E-state index contributed by atoms with van der Waals surface area (Å²) in [5.41, 5.74) is 0.335. The molecule has 4 heterocycles. The van der Waals surface area contributed by atoms with Crippen molar-refractivity contribution in [1.82, 2.24) is 29.7 Å². The molecule has 3 aromatic heterocycles.